The fourth-order valence-corrected chi connectivity index (χ4v) is 3.22. The Bertz CT molecular complexity index is 361. The lowest BCUT2D eigenvalue weighted by Gasteiger charge is -2.31. The number of carboxylic acid groups (broad SMARTS) is 1. The van der Waals surface area contributed by atoms with E-state index in [1.165, 1.54) is 0 Å². The van der Waals surface area contributed by atoms with Crippen LogP contribution in [0, 0.1) is 5.92 Å². The number of rotatable bonds is 3. The molecule has 0 radical (unpaired) electrons. The van der Waals surface area contributed by atoms with Crippen LogP contribution in [-0.4, -0.2) is 40.4 Å². The van der Waals surface area contributed by atoms with Crippen molar-refractivity contribution in [2.24, 2.45) is 5.92 Å². The van der Waals surface area contributed by atoms with E-state index in [1.54, 1.807) is 0 Å². The first-order chi connectivity index (χ1) is 9.56. The lowest BCUT2D eigenvalue weighted by Crippen LogP contribution is -2.52. The smallest absolute Gasteiger partial charge is 0.315 e. The number of hydrogen-bond donors (Lipinski definition) is 4. The maximum Gasteiger partial charge on any atom is 0.315 e. The van der Waals surface area contributed by atoms with Gasteiger partial charge in [0.1, 0.15) is 0 Å². The lowest BCUT2D eigenvalue weighted by molar-refractivity contribution is -0.143. The van der Waals surface area contributed by atoms with Gasteiger partial charge in [-0.1, -0.05) is 19.3 Å². The van der Waals surface area contributed by atoms with Gasteiger partial charge in [-0.2, -0.15) is 0 Å². The van der Waals surface area contributed by atoms with Gasteiger partial charge in [-0.05, 0) is 32.1 Å². The zero-order valence-corrected chi connectivity index (χ0v) is 11.7. The minimum atomic E-state index is -0.778. The molecule has 0 aromatic rings. The molecule has 0 aliphatic heterocycles. The Morgan fingerprint density at radius 1 is 0.950 bits per heavy atom. The molecule has 2 amide bonds. The third kappa shape index (κ3) is 4.10. The number of urea groups is 1. The fraction of sp³-hybridized carbons (Fsp3) is 0.857. The predicted octanol–water partition coefficient (Wildman–Crippen LogP) is 1.23. The highest BCUT2D eigenvalue weighted by molar-refractivity contribution is 5.75. The Morgan fingerprint density at radius 2 is 1.70 bits per heavy atom. The molecule has 2 rings (SSSR count). The predicted molar refractivity (Wildman–Crippen MR) is 73.3 cm³/mol. The van der Waals surface area contributed by atoms with Gasteiger partial charge in [0.05, 0.1) is 18.1 Å². The molecule has 6 heteroatoms. The van der Waals surface area contributed by atoms with Crippen LogP contribution in [0.1, 0.15) is 51.4 Å². The Balaban J connectivity index is 1.77. The quantitative estimate of drug-likeness (QED) is 0.626. The summed E-state index contributed by atoms with van der Waals surface area (Å²) in [6, 6.07) is -0.541. The molecule has 2 aliphatic rings. The molecule has 0 saturated heterocycles. The van der Waals surface area contributed by atoms with Crippen LogP contribution in [0.2, 0.25) is 0 Å². The van der Waals surface area contributed by atoms with E-state index in [-0.39, 0.29) is 24.0 Å². The van der Waals surface area contributed by atoms with Crippen molar-refractivity contribution >= 4 is 12.0 Å². The van der Waals surface area contributed by atoms with Crippen LogP contribution in [0.5, 0.6) is 0 Å². The monoisotopic (exact) mass is 284 g/mol. The van der Waals surface area contributed by atoms with Crippen LogP contribution in [0.3, 0.4) is 0 Å². The molecule has 4 N–H and O–H groups in total. The summed E-state index contributed by atoms with van der Waals surface area (Å²) in [7, 11) is 0. The molecule has 0 aromatic carbocycles. The number of hydrogen-bond acceptors (Lipinski definition) is 3. The van der Waals surface area contributed by atoms with E-state index in [0.717, 1.165) is 38.5 Å². The van der Waals surface area contributed by atoms with Crippen molar-refractivity contribution in [2.45, 2.75) is 69.6 Å². The Kier molecular flexibility index (Phi) is 5.23. The van der Waals surface area contributed by atoms with Crippen LogP contribution in [0.25, 0.3) is 0 Å². The normalized spacial score (nSPS) is 34.2. The van der Waals surface area contributed by atoms with Crippen molar-refractivity contribution in [3.05, 3.63) is 0 Å². The van der Waals surface area contributed by atoms with Gasteiger partial charge in [-0.3, -0.25) is 4.79 Å². The minimum Gasteiger partial charge on any atom is -0.481 e. The average Bonchev–Trinajstić information content (AvgIpc) is 2.41. The van der Waals surface area contributed by atoms with Crippen LogP contribution in [0.15, 0.2) is 0 Å². The highest BCUT2D eigenvalue weighted by Crippen LogP contribution is 2.24. The van der Waals surface area contributed by atoms with Gasteiger partial charge in [0, 0.05) is 6.04 Å². The van der Waals surface area contributed by atoms with Crippen LogP contribution in [0.4, 0.5) is 4.79 Å². The number of carbonyl (C=O) groups excluding carboxylic acids is 1. The highest BCUT2D eigenvalue weighted by Gasteiger charge is 2.29. The fourth-order valence-electron chi connectivity index (χ4n) is 3.22. The van der Waals surface area contributed by atoms with Crippen LogP contribution in [-0.2, 0) is 4.79 Å². The molecule has 2 fully saturated rings. The van der Waals surface area contributed by atoms with Gasteiger partial charge in [0.15, 0.2) is 0 Å². The zero-order valence-electron chi connectivity index (χ0n) is 11.7. The second-order valence-corrected chi connectivity index (χ2v) is 5.97. The Hall–Kier alpha value is -1.30. The van der Waals surface area contributed by atoms with Crippen molar-refractivity contribution < 1.29 is 19.8 Å². The van der Waals surface area contributed by atoms with Crippen molar-refractivity contribution in [1.82, 2.24) is 10.6 Å². The van der Waals surface area contributed by atoms with E-state index in [4.69, 9.17) is 5.11 Å². The number of aliphatic hydroxyl groups excluding tert-OH is 1. The summed E-state index contributed by atoms with van der Waals surface area (Å²) in [4.78, 5) is 22.9. The highest BCUT2D eigenvalue weighted by atomic mass is 16.4. The Labute approximate surface area is 118 Å². The standard InChI is InChI=1S/C14H24N2O4/c17-12-7-2-1-6-11(12)16-14(20)15-10-5-3-4-9(8-10)13(18)19/h9-12,17H,1-8H2,(H,18,19)(H2,15,16,20). The second-order valence-electron chi connectivity index (χ2n) is 5.97. The summed E-state index contributed by atoms with van der Waals surface area (Å²) in [6.45, 7) is 0. The van der Waals surface area contributed by atoms with Gasteiger partial charge in [-0.25, -0.2) is 4.79 Å². The van der Waals surface area contributed by atoms with Crippen molar-refractivity contribution in [2.75, 3.05) is 0 Å². The molecule has 2 aliphatic carbocycles. The number of carboxylic acids is 1. The zero-order chi connectivity index (χ0) is 14.5. The molecule has 20 heavy (non-hydrogen) atoms. The summed E-state index contributed by atoms with van der Waals surface area (Å²) >= 11 is 0. The van der Waals surface area contributed by atoms with E-state index in [2.05, 4.69) is 10.6 Å². The lowest BCUT2D eigenvalue weighted by atomic mass is 9.86. The van der Waals surface area contributed by atoms with E-state index >= 15 is 0 Å². The van der Waals surface area contributed by atoms with Crippen molar-refractivity contribution in [3.63, 3.8) is 0 Å². The summed E-state index contributed by atoms with van der Waals surface area (Å²) in [5, 5.41) is 24.5. The van der Waals surface area contributed by atoms with E-state index in [0.29, 0.717) is 12.8 Å². The maximum absolute atomic E-state index is 11.9. The van der Waals surface area contributed by atoms with Gasteiger partial charge in [-0.15, -0.1) is 0 Å². The van der Waals surface area contributed by atoms with Gasteiger partial charge in [0.2, 0.25) is 0 Å². The molecule has 0 aromatic heterocycles. The first kappa shape index (κ1) is 15.1. The summed E-state index contributed by atoms with van der Waals surface area (Å²) in [5.74, 6) is -1.13. The number of aliphatic carboxylic acids is 1. The molecule has 6 nitrogen and oxygen atoms in total. The number of nitrogens with one attached hydrogen (secondary N) is 2. The first-order valence-corrected chi connectivity index (χ1v) is 7.54. The third-order valence-corrected chi connectivity index (χ3v) is 4.40. The summed E-state index contributed by atoms with van der Waals surface area (Å²) in [5.41, 5.74) is 0. The van der Waals surface area contributed by atoms with Gasteiger partial charge in [0.25, 0.3) is 0 Å². The van der Waals surface area contributed by atoms with Crippen molar-refractivity contribution in [1.29, 1.82) is 0 Å². The second kappa shape index (κ2) is 6.92. The third-order valence-electron chi connectivity index (χ3n) is 4.40. The number of carbonyl (C=O) groups is 2. The molecule has 114 valence electrons. The molecular weight excluding hydrogens is 260 g/mol. The van der Waals surface area contributed by atoms with Gasteiger partial charge >= 0.3 is 12.0 Å². The molecule has 2 saturated carbocycles. The molecular formula is C14H24N2O4. The molecule has 0 bridgehead atoms. The molecule has 4 unspecified atom stereocenters. The van der Waals surface area contributed by atoms with E-state index in [1.807, 2.05) is 0 Å². The average molecular weight is 284 g/mol. The summed E-state index contributed by atoms with van der Waals surface area (Å²) in [6.07, 6.45) is 5.93. The maximum atomic E-state index is 11.9. The first-order valence-electron chi connectivity index (χ1n) is 7.54. The minimum absolute atomic E-state index is 0.0782. The SMILES string of the molecule is O=C(NC1CCCC(C(=O)O)C1)NC1CCCCC1O. The van der Waals surface area contributed by atoms with E-state index in [9.17, 15) is 14.7 Å². The molecule has 0 spiro atoms. The molecule has 4 atom stereocenters. The number of amides is 2. The largest absolute Gasteiger partial charge is 0.481 e. The Morgan fingerprint density at radius 3 is 2.40 bits per heavy atom. The van der Waals surface area contributed by atoms with Gasteiger partial charge < -0.3 is 20.8 Å². The number of aliphatic hydroxyl groups is 1. The van der Waals surface area contributed by atoms with E-state index < -0.39 is 12.1 Å². The topological polar surface area (TPSA) is 98.7 Å². The summed E-state index contributed by atoms with van der Waals surface area (Å²) < 4.78 is 0. The van der Waals surface area contributed by atoms with Crippen LogP contribution < -0.4 is 10.6 Å². The molecule has 0 heterocycles. The van der Waals surface area contributed by atoms with Crippen molar-refractivity contribution in [3.8, 4) is 0 Å². The van der Waals surface area contributed by atoms with Crippen LogP contribution >= 0.6 is 0 Å².